The van der Waals surface area contributed by atoms with E-state index in [1.807, 2.05) is 0 Å². The number of carbonyl (C=O) groups excluding carboxylic acids is 1. The highest BCUT2D eigenvalue weighted by Crippen LogP contribution is 2.22. The van der Waals surface area contributed by atoms with Crippen LogP contribution in [0.15, 0.2) is 18.2 Å². The summed E-state index contributed by atoms with van der Waals surface area (Å²) >= 11 is 5.53. The molecule has 0 bridgehead atoms. The smallest absolute Gasteiger partial charge is 0.313 e. The fourth-order valence-corrected chi connectivity index (χ4v) is 1.30. The summed E-state index contributed by atoms with van der Waals surface area (Å²) in [6, 6.07) is 4.30. The highest BCUT2D eigenvalue weighted by molar-refractivity contribution is 6.30. The number of halogens is 2. The van der Waals surface area contributed by atoms with Crippen molar-refractivity contribution in [2.45, 2.75) is 19.8 Å². The molecule has 0 fully saturated rings. The van der Waals surface area contributed by atoms with Gasteiger partial charge in [0.15, 0.2) is 0 Å². The Hall–Kier alpha value is -1.09. The first-order valence-corrected chi connectivity index (χ1v) is 5.05. The molecule has 0 saturated heterocycles. The minimum Gasteiger partial charge on any atom is -0.466 e. The molecule has 0 aromatic heterocycles. The van der Waals surface area contributed by atoms with Crippen LogP contribution in [0.1, 0.15) is 25.3 Å². The van der Waals surface area contributed by atoms with Gasteiger partial charge in [0.25, 0.3) is 0 Å². The summed E-state index contributed by atoms with van der Waals surface area (Å²) in [4.78, 5) is 11.4. The number of rotatable bonds is 3. The first kappa shape index (κ1) is 12.0. The number of hydrogen-bond acceptors (Lipinski definition) is 2. The van der Waals surface area contributed by atoms with Gasteiger partial charge in [-0.15, -0.1) is 0 Å². The predicted molar refractivity (Wildman–Crippen MR) is 56.5 cm³/mol. The Labute approximate surface area is 93.0 Å². The maximum absolute atomic E-state index is 13.1. The van der Waals surface area contributed by atoms with E-state index in [2.05, 4.69) is 0 Å². The van der Waals surface area contributed by atoms with Gasteiger partial charge in [-0.1, -0.05) is 17.7 Å². The van der Waals surface area contributed by atoms with Gasteiger partial charge in [0.05, 0.1) is 17.5 Å². The summed E-state index contributed by atoms with van der Waals surface area (Å²) in [6.07, 6.45) is 0. The SMILES string of the molecule is CCOC(=O)C(C)c1ccc(Cl)c(F)c1. The fourth-order valence-electron chi connectivity index (χ4n) is 1.19. The minimum absolute atomic E-state index is 0.0507. The monoisotopic (exact) mass is 230 g/mol. The molecule has 1 unspecified atom stereocenters. The molecule has 15 heavy (non-hydrogen) atoms. The zero-order valence-electron chi connectivity index (χ0n) is 8.59. The quantitative estimate of drug-likeness (QED) is 0.746. The van der Waals surface area contributed by atoms with Crippen molar-refractivity contribution in [1.29, 1.82) is 0 Å². The molecule has 0 N–H and O–H groups in total. The van der Waals surface area contributed by atoms with Gasteiger partial charge in [-0.3, -0.25) is 4.79 Å². The van der Waals surface area contributed by atoms with Crippen LogP contribution in [-0.4, -0.2) is 12.6 Å². The number of benzene rings is 1. The Bertz CT molecular complexity index is 366. The van der Waals surface area contributed by atoms with E-state index < -0.39 is 11.7 Å². The van der Waals surface area contributed by atoms with E-state index in [0.717, 1.165) is 0 Å². The fraction of sp³-hybridized carbons (Fsp3) is 0.364. The van der Waals surface area contributed by atoms with Crippen LogP contribution in [0.2, 0.25) is 5.02 Å². The second-order valence-electron chi connectivity index (χ2n) is 3.15. The normalized spacial score (nSPS) is 12.3. The molecule has 0 aliphatic rings. The standard InChI is InChI=1S/C11H12ClFO2/c1-3-15-11(14)7(2)8-4-5-9(12)10(13)6-8/h4-7H,3H2,1-2H3. The second kappa shape index (κ2) is 5.12. The van der Waals surface area contributed by atoms with Gasteiger partial charge in [0.2, 0.25) is 0 Å². The average molecular weight is 231 g/mol. The first-order chi connectivity index (χ1) is 7.06. The van der Waals surface area contributed by atoms with Crippen LogP contribution in [0.5, 0.6) is 0 Å². The summed E-state index contributed by atoms with van der Waals surface area (Å²) in [5, 5.41) is 0.0507. The second-order valence-corrected chi connectivity index (χ2v) is 3.55. The number of ether oxygens (including phenoxy) is 1. The predicted octanol–water partition coefficient (Wildman–Crippen LogP) is 3.15. The lowest BCUT2D eigenvalue weighted by Crippen LogP contribution is -2.13. The van der Waals surface area contributed by atoms with E-state index in [9.17, 15) is 9.18 Å². The van der Waals surface area contributed by atoms with E-state index in [1.165, 1.54) is 12.1 Å². The van der Waals surface area contributed by atoms with Gasteiger partial charge in [0, 0.05) is 0 Å². The Morgan fingerprint density at radius 2 is 2.27 bits per heavy atom. The summed E-state index contributed by atoms with van der Waals surface area (Å²) in [6.45, 7) is 3.72. The highest BCUT2D eigenvalue weighted by Gasteiger charge is 2.17. The molecule has 1 aromatic rings. The van der Waals surface area contributed by atoms with E-state index in [0.29, 0.717) is 12.2 Å². The molecule has 0 amide bonds. The summed E-state index contributed by atoms with van der Waals surface area (Å²) in [5.41, 5.74) is 0.565. The van der Waals surface area contributed by atoms with E-state index in [1.54, 1.807) is 19.9 Å². The van der Waals surface area contributed by atoms with Crippen LogP contribution in [-0.2, 0) is 9.53 Å². The first-order valence-electron chi connectivity index (χ1n) is 4.67. The van der Waals surface area contributed by atoms with Crippen molar-refractivity contribution in [3.05, 3.63) is 34.6 Å². The van der Waals surface area contributed by atoms with Gasteiger partial charge in [-0.2, -0.15) is 0 Å². The van der Waals surface area contributed by atoms with Gasteiger partial charge in [0.1, 0.15) is 5.82 Å². The maximum Gasteiger partial charge on any atom is 0.313 e. The Balaban J connectivity index is 2.86. The third-order valence-corrected chi connectivity index (χ3v) is 2.39. The lowest BCUT2D eigenvalue weighted by Gasteiger charge is -2.10. The van der Waals surface area contributed by atoms with Crippen LogP contribution in [0.25, 0.3) is 0 Å². The molecule has 0 heterocycles. The highest BCUT2D eigenvalue weighted by atomic mass is 35.5. The molecule has 2 nitrogen and oxygen atoms in total. The molecular formula is C11H12ClFO2. The largest absolute Gasteiger partial charge is 0.466 e. The van der Waals surface area contributed by atoms with Crippen LogP contribution in [0.3, 0.4) is 0 Å². The van der Waals surface area contributed by atoms with Crippen molar-refractivity contribution in [2.24, 2.45) is 0 Å². The molecular weight excluding hydrogens is 219 g/mol. The van der Waals surface area contributed by atoms with Gasteiger partial charge in [-0.05, 0) is 31.5 Å². The Morgan fingerprint density at radius 3 is 2.80 bits per heavy atom. The third-order valence-electron chi connectivity index (χ3n) is 2.08. The Morgan fingerprint density at radius 1 is 1.60 bits per heavy atom. The van der Waals surface area contributed by atoms with Crippen LogP contribution >= 0.6 is 11.6 Å². The number of carbonyl (C=O) groups is 1. The molecule has 1 atom stereocenters. The molecule has 1 rings (SSSR count). The molecule has 4 heteroatoms. The van der Waals surface area contributed by atoms with Crippen molar-refractivity contribution < 1.29 is 13.9 Å². The van der Waals surface area contributed by atoms with Gasteiger partial charge < -0.3 is 4.74 Å². The van der Waals surface area contributed by atoms with Crippen molar-refractivity contribution in [3.63, 3.8) is 0 Å². The lowest BCUT2D eigenvalue weighted by molar-refractivity contribution is -0.144. The van der Waals surface area contributed by atoms with Crippen molar-refractivity contribution in [2.75, 3.05) is 6.61 Å². The lowest BCUT2D eigenvalue weighted by atomic mass is 10.0. The van der Waals surface area contributed by atoms with E-state index in [-0.39, 0.29) is 11.0 Å². The molecule has 82 valence electrons. The molecule has 0 saturated carbocycles. The summed E-state index contributed by atoms with van der Waals surface area (Å²) in [5.74, 6) is -1.36. The molecule has 0 aliphatic heterocycles. The van der Waals surface area contributed by atoms with Crippen LogP contribution < -0.4 is 0 Å². The van der Waals surface area contributed by atoms with Crippen molar-refractivity contribution >= 4 is 17.6 Å². The molecule has 0 aliphatic carbocycles. The van der Waals surface area contributed by atoms with E-state index in [4.69, 9.17) is 16.3 Å². The number of hydrogen-bond donors (Lipinski definition) is 0. The summed E-state index contributed by atoms with van der Waals surface area (Å²) < 4.78 is 17.9. The zero-order valence-corrected chi connectivity index (χ0v) is 9.34. The van der Waals surface area contributed by atoms with Gasteiger partial charge in [-0.25, -0.2) is 4.39 Å². The minimum atomic E-state index is -0.523. The molecule has 0 radical (unpaired) electrons. The van der Waals surface area contributed by atoms with Crippen molar-refractivity contribution in [3.8, 4) is 0 Å². The van der Waals surface area contributed by atoms with E-state index >= 15 is 0 Å². The van der Waals surface area contributed by atoms with Crippen LogP contribution in [0.4, 0.5) is 4.39 Å². The summed E-state index contributed by atoms with van der Waals surface area (Å²) in [7, 11) is 0. The Kier molecular flexibility index (Phi) is 4.09. The van der Waals surface area contributed by atoms with Crippen LogP contribution in [0, 0.1) is 5.82 Å². The topological polar surface area (TPSA) is 26.3 Å². The van der Waals surface area contributed by atoms with Gasteiger partial charge >= 0.3 is 5.97 Å². The molecule has 1 aromatic carbocycles. The zero-order chi connectivity index (χ0) is 11.4. The van der Waals surface area contributed by atoms with Crippen molar-refractivity contribution in [1.82, 2.24) is 0 Å². The third kappa shape index (κ3) is 2.93. The molecule has 0 spiro atoms. The average Bonchev–Trinajstić information content (AvgIpc) is 2.21. The number of esters is 1. The maximum atomic E-state index is 13.1.